The van der Waals surface area contributed by atoms with Crippen LogP contribution < -0.4 is 10.1 Å². The number of amides is 1. The largest absolute Gasteiger partial charge is 0.492 e. The van der Waals surface area contributed by atoms with E-state index in [0.717, 1.165) is 69.6 Å². The highest BCUT2D eigenvalue weighted by molar-refractivity contribution is 7.99. The Balaban J connectivity index is 1.06. The molecule has 8 heteroatoms. The maximum Gasteiger partial charge on any atom is 0.252 e. The number of carbonyl (C=O) groups excluding carboxylic acids is 1. The molecule has 2 aromatic heterocycles. The monoisotopic (exact) mass is 553 g/mol. The number of nitrogens with zero attached hydrogens (tertiary/aromatic N) is 3. The molecule has 1 saturated heterocycles. The zero-order valence-corrected chi connectivity index (χ0v) is 23.6. The molecule has 7 nitrogen and oxygen atoms in total. The number of carbonyl (C=O) groups is 1. The van der Waals surface area contributed by atoms with Crippen LogP contribution in [0, 0.1) is 5.92 Å². The molecule has 0 spiro atoms. The first-order chi connectivity index (χ1) is 19.6. The summed E-state index contributed by atoms with van der Waals surface area (Å²) in [5, 5.41) is 11.8. The number of H-pyrrole nitrogens is 1. The number of hydrogen-bond acceptors (Lipinski definition) is 6. The van der Waals surface area contributed by atoms with Gasteiger partial charge in [-0.1, -0.05) is 23.9 Å². The molecule has 206 valence electrons. The van der Waals surface area contributed by atoms with Crippen molar-refractivity contribution in [1.29, 1.82) is 0 Å². The minimum atomic E-state index is 0.00139. The fourth-order valence-corrected chi connectivity index (χ4v) is 5.99. The molecule has 0 bridgehead atoms. The Kier molecular flexibility index (Phi) is 8.16. The van der Waals surface area contributed by atoms with Gasteiger partial charge in [-0.05, 0) is 113 Å². The molecule has 40 heavy (non-hydrogen) atoms. The number of hydrogen-bond donors (Lipinski definition) is 2. The van der Waals surface area contributed by atoms with Gasteiger partial charge in [0.05, 0.1) is 35.3 Å². The lowest BCUT2D eigenvalue weighted by atomic mass is 9.94. The minimum absolute atomic E-state index is 0.00139. The Bertz CT molecular complexity index is 1490. The average molecular weight is 554 g/mol. The van der Waals surface area contributed by atoms with Crippen molar-refractivity contribution in [2.75, 3.05) is 26.7 Å². The number of piperidine rings is 1. The van der Waals surface area contributed by atoms with Crippen molar-refractivity contribution in [3.05, 3.63) is 77.7 Å². The van der Waals surface area contributed by atoms with Crippen LogP contribution in [0.1, 0.15) is 53.8 Å². The van der Waals surface area contributed by atoms with Gasteiger partial charge in [-0.2, -0.15) is 5.10 Å². The van der Waals surface area contributed by atoms with Crippen LogP contribution in [0.5, 0.6) is 5.75 Å². The Hall–Kier alpha value is -3.62. The second-order valence-corrected chi connectivity index (χ2v) is 11.9. The van der Waals surface area contributed by atoms with Crippen LogP contribution in [0.4, 0.5) is 0 Å². The number of pyridine rings is 1. The summed E-state index contributed by atoms with van der Waals surface area (Å²) in [5.74, 6) is 1.58. The second-order valence-electron chi connectivity index (χ2n) is 10.8. The molecular weight excluding hydrogens is 518 g/mol. The van der Waals surface area contributed by atoms with Gasteiger partial charge in [-0.25, -0.2) is 0 Å². The van der Waals surface area contributed by atoms with Gasteiger partial charge < -0.3 is 15.0 Å². The highest BCUT2D eigenvalue weighted by Crippen LogP contribution is 2.33. The summed E-state index contributed by atoms with van der Waals surface area (Å²) in [6.45, 7) is 3.12. The van der Waals surface area contributed by atoms with Crippen molar-refractivity contribution in [3.8, 4) is 5.75 Å². The van der Waals surface area contributed by atoms with Gasteiger partial charge in [0.15, 0.2) is 0 Å². The second kappa shape index (κ2) is 12.3. The zero-order valence-electron chi connectivity index (χ0n) is 22.8. The third-order valence-electron chi connectivity index (χ3n) is 7.64. The maximum atomic E-state index is 12.7. The van der Waals surface area contributed by atoms with E-state index in [1.807, 2.05) is 48.6 Å². The lowest BCUT2D eigenvalue weighted by Crippen LogP contribution is -2.30. The van der Waals surface area contributed by atoms with E-state index in [0.29, 0.717) is 11.6 Å². The number of aromatic amines is 1. The van der Waals surface area contributed by atoms with Gasteiger partial charge in [-0.3, -0.25) is 14.9 Å². The predicted octanol–water partition coefficient (Wildman–Crippen LogP) is 6.28. The molecule has 0 atom stereocenters. The Morgan fingerprint density at radius 3 is 2.75 bits per heavy atom. The van der Waals surface area contributed by atoms with Gasteiger partial charge >= 0.3 is 0 Å². The summed E-state index contributed by atoms with van der Waals surface area (Å²) in [5.41, 5.74) is 3.38. The Labute approximate surface area is 239 Å². The minimum Gasteiger partial charge on any atom is -0.492 e. The summed E-state index contributed by atoms with van der Waals surface area (Å²) >= 11 is 1.59. The van der Waals surface area contributed by atoms with Crippen LogP contribution in [0.3, 0.4) is 0 Å². The molecule has 2 aliphatic rings. The van der Waals surface area contributed by atoms with Crippen molar-refractivity contribution in [2.24, 2.45) is 5.92 Å². The Morgan fingerprint density at radius 2 is 1.95 bits per heavy atom. The molecule has 0 unspecified atom stereocenters. The van der Waals surface area contributed by atoms with E-state index in [2.05, 4.69) is 50.6 Å². The lowest BCUT2D eigenvalue weighted by molar-refractivity contribution is 0.0948. The van der Waals surface area contributed by atoms with Crippen LogP contribution in [-0.4, -0.2) is 58.8 Å². The van der Waals surface area contributed by atoms with E-state index in [-0.39, 0.29) is 5.91 Å². The average Bonchev–Trinajstić information content (AvgIpc) is 3.70. The van der Waals surface area contributed by atoms with Crippen molar-refractivity contribution >= 4 is 40.7 Å². The molecule has 3 heterocycles. The third-order valence-corrected chi connectivity index (χ3v) is 8.71. The molecule has 1 amide bonds. The van der Waals surface area contributed by atoms with Crippen LogP contribution in [0.15, 0.2) is 70.6 Å². The quantitative estimate of drug-likeness (QED) is 0.240. The SMILES string of the molecule is CN1CCC(CCOc2ccc(/C=C/c3n[nH]c4cc(Sc5ccccc5C(=O)NC5CC5)ccc34)nc2)CC1. The molecule has 0 radical (unpaired) electrons. The predicted molar refractivity (Wildman–Crippen MR) is 161 cm³/mol. The molecule has 4 aromatic rings. The number of nitrogens with one attached hydrogen (secondary N) is 2. The summed E-state index contributed by atoms with van der Waals surface area (Å²) in [4.78, 5) is 21.6. The number of aromatic nitrogens is 3. The molecule has 6 rings (SSSR count). The van der Waals surface area contributed by atoms with Crippen molar-refractivity contribution < 1.29 is 9.53 Å². The number of fused-ring (bicyclic) bond motifs is 1. The molecule has 1 aliphatic carbocycles. The first-order valence-corrected chi connectivity index (χ1v) is 14.9. The van der Waals surface area contributed by atoms with E-state index < -0.39 is 0 Å². The summed E-state index contributed by atoms with van der Waals surface area (Å²) < 4.78 is 5.95. The Morgan fingerprint density at radius 1 is 1.10 bits per heavy atom. The fourth-order valence-electron chi connectivity index (χ4n) is 5.01. The zero-order chi connectivity index (χ0) is 27.3. The normalized spacial score (nSPS) is 16.5. The summed E-state index contributed by atoms with van der Waals surface area (Å²) in [6.07, 6.45) is 11.5. The highest BCUT2D eigenvalue weighted by atomic mass is 32.2. The number of likely N-dealkylation sites (tertiary alicyclic amines) is 1. The van der Waals surface area contributed by atoms with Crippen LogP contribution in [-0.2, 0) is 0 Å². The first-order valence-electron chi connectivity index (χ1n) is 14.1. The van der Waals surface area contributed by atoms with E-state index in [1.54, 1.807) is 18.0 Å². The van der Waals surface area contributed by atoms with Crippen molar-refractivity contribution in [2.45, 2.75) is 47.9 Å². The molecule has 2 fully saturated rings. The maximum absolute atomic E-state index is 12.7. The smallest absolute Gasteiger partial charge is 0.252 e. The van der Waals surface area contributed by atoms with Gasteiger partial charge in [0, 0.05) is 21.2 Å². The van der Waals surface area contributed by atoms with Crippen LogP contribution in [0.2, 0.25) is 0 Å². The van der Waals surface area contributed by atoms with Gasteiger partial charge in [0.25, 0.3) is 5.91 Å². The molecule has 2 N–H and O–H groups in total. The van der Waals surface area contributed by atoms with Gasteiger partial charge in [0.2, 0.25) is 0 Å². The number of benzene rings is 2. The fraction of sp³-hybridized carbons (Fsp3) is 0.344. The van der Waals surface area contributed by atoms with E-state index in [9.17, 15) is 4.79 Å². The van der Waals surface area contributed by atoms with E-state index >= 15 is 0 Å². The van der Waals surface area contributed by atoms with Crippen LogP contribution in [0.25, 0.3) is 23.1 Å². The van der Waals surface area contributed by atoms with Gasteiger partial charge in [0.1, 0.15) is 5.75 Å². The van der Waals surface area contributed by atoms with Crippen LogP contribution >= 0.6 is 11.8 Å². The third kappa shape index (κ3) is 6.74. The standard InChI is InChI=1S/C32H35N5O2S/c1-37-17-14-22(15-18-37)16-19-39-25-10-8-23(33-21-25)9-13-29-27-12-11-26(20-30(27)36-35-29)40-31-5-3-2-4-28(31)32(38)34-24-6-7-24/h2-5,8-13,20-22,24H,6-7,14-19H2,1H3,(H,34,38)(H,35,36)/b13-9+. The molecule has 1 saturated carbocycles. The number of ether oxygens (including phenoxy) is 1. The molecule has 2 aromatic carbocycles. The molecular formula is C32H35N5O2S. The first kappa shape index (κ1) is 26.6. The molecule has 1 aliphatic heterocycles. The lowest BCUT2D eigenvalue weighted by Gasteiger charge is -2.28. The van der Waals surface area contributed by atoms with Gasteiger partial charge in [-0.15, -0.1) is 0 Å². The van der Waals surface area contributed by atoms with Crippen molar-refractivity contribution in [1.82, 2.24) is 25.4 Å². The number of rotatable bonds is 10. The highest BCUT2D eigenvalue weighted by Gasteiger charge is 2.25. The van der Waals surface area contributed by atoms with E-state index in [1.165, 1.54) is 25.9 Å². The summed E-state index contributed by atoms with van der Waals surface area (Å²) in [6, 6.07) is 18.3. The van der Waals surface area contributed by atoms with E-state index in [4.69, 9.17) is 4.74 Å². The van der Waals surface area contributed by atoms with Crippen molar-refractivity contribution in [3.63, 3.8) is 0 Å². The topological polar surface area (TPSA) is 83.1 Å². The summed E-state index contributed by atoms with van der Waals surface area (Å²) in [7, 11) is 2.19.